The van der Waals surface area contributed by atoms with Gasteiger partial charge in [0.15, 0.2) is 0 Å². The fourth-order valence-corrected chi connectivity index (χ4v) is 1.32. The van der Waals surface area contributed by atoms with Crippen molar-refractivity contribution in [2.45, 2.75) is 6.92 Å². The Labute approximate surface area is 85.7 Å². The van der Waals surface area contributed by atoms with Crippen LogP contribution in [0.3, 0.4) is 0 Å². The molecule has 0 heterocycles. The van der Waals surface area contributed by atoms with Gasteiger partial charge in [-0.3, -0.25) is 0 Å². The Balaban J connectivity index is 3.53. The number of ether oxygens (including phenoxy) is 1. The second kappa shape index (κ2) is 3.75. The smallest absolute Gasteiger partial charge is 0.339 e. The molecular weight excluding hydrogens is 208 g/mol. The van der Waals surface area contributed by atoms with Gasteiger partial charge >= 0.3 is 5.97 Å². The summed E-state index contributed by atoms with van der Waals surface area (Å²) in [5.74, 6) is -1.23. The summed E-state index contributed by atoms with van der Waals surface area (Å²) in [5, 5.41) is 18.2. The van der Waals surface area contributed by atoms with Crippen LogP contribution in [0.1, 0.15) is 15.9 Å². The fourth-order valence-electron chi connectivity index (χ4n) is 1.17. The maximum Gasteiger partial charge on any atom is 0.339 e. The minimum Gasteiger partial charge on any atom is -0.506 e. The fraction of sp³-hybridized carbons (Fsp3) is 0.222. The van der Waals surface area contributed by atoms with Gasteiger partial charge in [0, 0.05) is 6.07 Å². The Morgan fingerprint density at radius 1 is 1.57 bits per heavy atom. The monoisotopic (exact) mass is 216 g/mol. The number of halogens is 1. The predicted molar refractivity (Wildman–Crippen MR) is 51.4 cm³/mol. The highest BCUT2D eigenvalue weighted by Gasteiger charge is 2.19. The van der Waals surface area contributed by atoms with Gasteiger partial charge < -0.3 is 14.9 Å². The third-order valence-corrected chi connectivity index (χ3v) is 2.35. The number of carboxylic acid groups (broad SMARTS) is 1. The molecule has 4 nitrogen and oxygen atoms in total. The predicted octanol–water partition coefficient (Wildman–Crippen LogP) is 2.06. The molecule has 0 saturated heterocycles. The van der Waals surface area contributed by atoms with E-state index in [1.807, 2.05) is 0 Å². The molecule has 0 aliphatic carbocycles. The molecule has 0 radical (unpaired) electrons. The first-order chi connectivity index (χ1) is 6.49. The van der Waals surface area contributed by atoms with Gasteiger partial charge in [-0.05, 0) is 12.5 Å². The zero-order chi connectivity index (χ0) is 10.9. The molecule has 0 saturated carbocycles. The van der Waals surface area contributed by atoms with Crippen molar-refractivity contribution in [2.75, 3.05) is 7.11 Å². The van der Waals surface area contributed by atoms with E-state index in [0.29, 0.717) is 0 Å². The Hall–Kier alpha value is -1.42. The molecule has 0 spiro atoms. The van der Waals surface area contributed by atoms with Crippen LogP contribution >= 0.6 is 11.6 Å². The minimum atomic E-state index is -1.14. The van der Waals surface area contributed by atoms with Crippen LogP contribution in [0.5, 0.6) is 11.5 Å². The molecular formula is C9H9ClO4. The Morgan fingerprint density at radius 2 is 2.14 bits per heavy atom. The summed E-state index contributed by atoms with van der Waals surface area (Å²) in [6.07, 6.45) is 0. The molecule has 0 unspecified atom stereocenters. The van der Waals surface area contributed by atoms with Crippen LogP contribution in [0.2, 0.25) is 5.02 Å². The molecule has 0 aromatic heterocycles. The van der Waals surface area contributed by atoms with Crippen molar-refractivity contribution in [1.82, 2.24) is 0 Å². The number of hydrogen-bond donors (Lipinski definition) is 2. The van der Waals surface area contributed by atoms with E-state index >= 15 is 0 Å². The maximum atomic E-state index is 10.8. The zero-order valence-corrected chi connectivity index (χ0v) is 8.42. The average molecular weight is 217 g/mol. The SMILES string of the molecule is COc1cc(O)c(Cl)c(C)c1C(=O)O. The zero-order valence-electron chi connectivity index (χ0n) is 7.67. The molecule has 0 fully saturated rings. The number of aromatic carboxylic acids is 1. The van der Waals surface area contributed by atoms with Crippen molar-refractivity contribution in [2.24, 2.45) is 0 Å². The summed E-state index contributed by atoms with van der Waals surface area (Å²) in [6, 6.07) is 1.18. The van der Waals surface area contributed by atoms with Crippen molar-refractivity contribution in [3.05, 3.63) is 22.2 Å². The van der Waals surface area contributed by atoms with E-state index in [1.54, 1.807) is 0 Å². The molecule has 76 valence electrons. The van der Waals surface area contributed by atoms with Gasteiger partial charge in [0.05, 0.1) is 12.1 Å². The van der Waals surface area contributed by atoms with Crippen LogP contribution in [0.4, 0.5) is 0 Å². The van der Waals surface area contributed by atoms with Crippen molar-refractivity contribution < 1.29 is 19.7 Å². The largest absolute Gasteiger partial charge is 0.506 e. The van der Waals surface area contributed by atoms with Crippen LogP contribution in [-0.4, -0.2) is 23.3 Å². The minimum absolute atomic E-state index is 0.0307. The Morgan fingerprint density at radius 3 is 2.57 bits per heavy atom. The number of hydrogen-bond acceptors (Lipinski definition) is 3. The van der Waals surface area contributed by atoms with E-state index in [9.17, 15) is 9.90 Å². The van der Waals surface area contributed by atoms with Crippen molar-refractivity contribution >= 4 is 17.6 Å². The van der Waals surface area contributed by atoms with Crippen LogP contribution in [0, 0.1) is 6.92 Å². The molecule has 14 heavy (non-hydrogen) atoms. The highest BCUT2D eigenvalue weighted by atomic mass is 35.5. The summed E-state index contributed by atoms with van der Waals surface area (Å²) in [4.78, 5) is 10.8. The van der Waals surface area contributed by atoms with Gasteiger partial charge in [0.25, 0.3) is 0 Å². The number of phenolic OH excluding ortho intramolecular Hbond substituents is 1. The molecule has 0 aliphatic heterocycles. The molecule has 0 atom stereocenters. The lowest BCUT2D eigenvalue weighted by molar-refractivity contribution is 0.0692. The van der Waals surface area contributed by atoms with Crippen LogP contribution in [-0.2, 0) is 0 Å². The van der Waals surface area contributed by atoms with Gasteiger partial charge in [-0.1, -0.05) is 11.6 Å². The second-order valence-electron chi connectivity index (χ2n) is 2.72. The first-order valence-corrected chi connectivity index (χ1v) is 4.16. The van der Waals surface area contributed by atoms with Gasteiger partial charge in [0.2, 0.25) is 0 Å². The summed E-state index contributed by atoms with van der Waals surface area (Å²) in [5.41, 5.74) is 0.256. The number of phenols is 1. The molecule has 0 bridgehead atoms. The number of carboxylic acids is 1. The lowest BCUT2D eigenvalue weighted by Crippen LogP contribution is -2.03. The van der Waals surface area contributed by atoms with Gasteiger partial charge in [-0.15, -0.1) is 0 Å². The lowest BCUT2D eigenvalue weighted by Gasteiger charge is -2.10. The highest BCUT2D eigenvalue weighted by Crippen LogP contribution is 2.35. The van der Waals surface area contributed by atoms with E-state index in [2.05, 4.69) is 0 Å². The Kier molecular flexibility index (Phi) is 2.86. The van der Waals surface area contributed by atoms with Crippen molar-refractivity contribution in [3.63, 3.8) is 0 Å². The molecule has 0 amide bonds. The quantitative estimate of drug-likeness (QED) is 0.794. The van der Waals surface area contributed by atoms with E-state index < -0.39 is 5.97 Å². The number of methoxy groups -OCH3 is 1. The topological polar surface area (TPSA) is 66.8 Å². The number of carbonyl (C=O) groups is 1. The third-order valence-electron chi connectivity index (χ3n) is 1.88. The van der Waals surface area contributed by atoms with Gasteiger partial charge in [-0.25, -0.2) is 4.79 Å². The van der Waals surface area contributed by atoms with Crippen LogP contribution < -0.4 is 4.74 Å². The first kappa shape index (κ1) is 10.7. The van der Waals surface area contributed by atoms with Crippen molar-refractivity contribution in [3.8, 4) is 11.5 Å². The average Bonchev–Trinajstić information content (AvgIpc) is 2.12. The van der Waals surface area contributed by atoms with Crippen molar-refractivity contribution in [1.29, 1.82) is 0 Å². The summed E-state index contributed by atoms with van der Waals surface area (Å²) >= 11 is 5.69. The molecule has 1 aromatic rings. The molecule has 1 rings (SSSR count). The first-order valence-electron chi connectivity index (χ1n) is 3.78. The highest BCUT2D eigenvalue weighted by molar-refractivity contribution is 6.33. The van der Waals surface area contributed by atoms with E-state index in [-0.39, 0.29) is 27.6 Å². The van der Waals surface area contributed by atoms with Crippen LogP contribution in [0.25, 0.3) is 0 Å². The van der Waals surface area contributed by atoms with Crippen LogP contribution in [0.15, 0.2) is 6.07 Å². The van der Waals surface area contributed by atoms with E-state index in [1.165, 1.54) is 20.1 Å². The lowest BCUT2D eigenvalue weighted by atomic mass is 10.1. The molecule has 2 N–H and O–H groups in total. The second-order valence-corrected chi connectivity index (χ2v) is 3.10. The standard InChI is InChI=1S/C9H9ClO4/c1-4-7(9(12)13)6(14-2)3-5(11)8(4)10/h3,11H,1-2H3,(H,12,13). The summed E-state index contributed by atoms with van der Waals surface area (Å²) in [7, 11) is 1.33. The third kappa shape index (κ3) is 1.61. The molecule has 5 heteroatoms. The van der Waals surface area contributed by atoms with E-state index in [4.69, 9.17) is 21.4 Å². The summed E-state index contributed by atoms with van der Waals surface area (Å²) < 4.78 is 4.82. The maximum absolute atomic E-state index is 10.8. The number of benzene rings is 1. The van der Waals surface area contributed by atoms with E-state index in [0.717, 1.165) is 0 Å². The normalized spacial score (nSPS) is 9.93. The van der Waals surface area contributed by atoms with Gasteiger partial charge in [0.1, 0.15) is 17.1 Å². The van der Waals surface area contributed by atoms with Gasteiger partial charge in [-0.2, -0.15) is 0 Å². The Bertz CT molecular complexity index is 387. The number of aromatic hydroxyl groups is 1. The molecule has 1 aromatic carbocycles. The number of rotatable bonds is 2. The summed E-state index contributed by atoms with van der Waals surface area (Å²) in [6.45, 7) is 1.51. The molecule has 0 aliphatic rings.